The molecule has 0 unspecified atom stereocenters. The van der Waals surface area contributed by atoms with Crippen LogP contribution >= 0.6 is 11.6 Å². The first-order chi connectivity index (χ1) is 12.8. The van der Waals surface area contributed by atoms with Crippen molar-refractivity contribution in [3.8, 4) is 0 Å². The Balaban J connectivity index is 1.66. The van der Waals surface area contributed by atoms with E-state index in [4.69, 9.17) is 16.3 Å². The van der Waals surface area contributed by atoms with Crippen LogP contribution in [0.4, 0.5) is 5.69 Å². The van der Waals surface area contributed by atoms with Crippen molar-refractivity contribution in [2.45, 2.75) is 30.8 Å². The Hall–Kier alpha value is -1.93. The van der Waals surface area contributed by atoms with Crippen molar-refractivity contribution in [3.63, 3.8) is 0 Å². The van der Waals surface area contributed by atoms with Gasteiger partial charge in [0.15, 0.2) is 0 Å². The lowest BCUT2D eigenvalue weighted by Gasteiger charge is -2.12. The molecule has 0 aromatic heterocycles. The molecule has 27 heavy (non-hydrogen) atoms. The lowest BCUT2D eigenvalue weighted by molar-refractivity contribution is 0.102. The topological polar surface area (TPSA) is 84.5 Å². The molecule has 0 aliphatic carbocycles. The van der Waals surface area contributed by atoms with Gasteiger partial charge < -0.3 is 10.1 Å². The summed E-state index contributed by atoms with van der Waals surface area (Å²) in [5.74, 6) is -0.336. The third-order valence-corrected chi connectivity index (χ3v) is 6.07. The highest BCUT2D eigenvalue weighted by atomic mass is 35.5. The van der Waals surface area contributed by atoms with Gasteiger partial charge in [0, 0.05) is 29.4 Å². The summed E-state index contributed by atoms with van der Waals surface area (Å²) in [6, 6.07) is 11.0. The van der Waals surface area contributed by atoms with Gasteiger partial charge in [-0.2, -0.15) is 0 Å². The SMILES string of the molecule is Cc1ccc(Cl)cc1NC(=O)c1ccc(S(=O)(=O)NC[C@H]2CCCO2)cc1. The van der Waals surface area contributed by atoms with Crippen LogP contribution in [0.3, 0.4) is 0 Å². The Morgan fingerprint density at radius 1 is 1.22 bits per heavy atom. The Kier molecular flexibility index (Phi) is 6.16. The molecule has 1 fully saturated rings. The molecule has 1 heterocycles. The van der Waals surface area contributed by atoms with Crippen molar-refractivity contribution in [2.24, 2.45) is 0 Å². The normalized spacial score (nSPS) is 17.0. The summed E-state index contributed by atoms with van der Waals surface area (Å²) in [7, 11) is -3.64. The first kappa shape index (κ1) is 19.8. The minimum atomic E-state index is -3.64. The molecule has 0 saturated carbocycles. The lowest BCUT2D eigenvalue weighted by Crippen LogP contribution is -2.31. The van der Waals surface area contributed by atoms with Gasteiger partial charge in [0.2, 0.25) is 10.0 Å². The van der Waals surface area contributed by atoms with E-state index in [1.165, 1.54) is 24.3 Å². The molecule has 1 saturated heterocycles. The summed E-state index contributed by atoms with van der Waals surface area (Å²) < 4.78 is 32.7. The van der Waals surface area contributed by atoms with Crippen LogP contribution in [0.2, 0.25) is 5.02 Å². The number of carbonyl (C=O) groups is 1. The van der Waals surface area contributed by atoms with Crippen molar-refractivity contribution in [2.75, 3.05) is 18.5 Å². The minimum Gasteiger partial charge on any atom is -0.377 e. The van der Waals surface area contributed by atoms with Crippen LogP contribution in [0, 0.1) is 6.92 Å². The van der Waals surface area contributed by atoms with E-state index in [-0.39, 0.29) is 23.5 Å². The molecule has 2 aromatic rings. The minimum absolute atomic E-state index is 0.0780. The van der Waals surface area contributed by atoms with E-state index in [9.17, 15) is 13.2 Å². The second-order valence-electron chi connectivity index (χ2n) is 6.42. The van der Waals surface area contributed by atoms with E-state index < -0.39 is 10.0 Å². The van der Waals surface area contributed by atoms with E-state index in [0.717, 1.165) is 18.4 Å². The molecule has 2 N–H and O–H groups in total. The average molecular weight is 409 g/mol. The maximum atomic E-state index is 12.4. The molecule has 6 nitrogen and oxygen atoms in total. The number of sulfonamides is 1. The maximum Gasteiger partial charge on any atom is 0.255 e. The highest BCUT2D eigenvalue weighted by Gasteiger charge is 2.20. The molecule has 1 aliphatic heterocycles. The van der Waals surface area contributed by atoms with E-state index in [0.29, 0.717) is 22.9 Å². The molecule has 1 atom stereocenters. The van der Waals surface area contributed by atoms with Crippen molar-refractivity contribution in [1.82, 2.24) is 4.72 Å². The fraction of sp³-hybridized carbons (Fsp3) is 0.316. The number of hydrogen-bond acceptors (Lipinski definition) is 4. The van der Waals surface area contributed by atoms with Gasteiger partial charge in [-0.05, 0) is 61.7 Å². The van der Waals surface area contributed by atoms with Gasteiger partial charge in [0.05, 0.1) is 11.0 Å². The fourth-order valence-electron chi connectivity index (χ4n) is 2.80. The van der Waals surface area contributed by atoms with Crippen LogP contribution in [-0.4, -0.2) is 33.6 Å². The van der Waals surface area contributed by atoms with E-state index in [1.807, 2.05) is 13.0 Å². The molecule has 2 aromatic carbocycles. The zero-order valence-electron chi connectivity index (χ0n) is 14.9. The number of rotatable bonds is 6. The van der Waals surface area contributed by atoms with Gasteiger partial charge in [-0.25, -0.2) is 13.1 Å². The number of benzene rings is 2. The Morgan fingerprint density at radius 3 is 2.63 bits per heavy atom. The number of aryl methyl sites for hydroxylation is 1. The maximum absolute atomic E-state index is 12.4. The molecular formula is C19H21ClN2O4S. The van der Waals surface area contributed by atoms with Gasteiger partial charge in [-0.1, -0.05) is 17.7 Å². The second kappa shape index (κ2) is 8.39. The molecule has 0 radical (unpaired) electrons. The fourth-order valence-corrected chi connectivity index (χ4v) is 4.04. The van der Waals surface area contributed by atoms with E-state index >= 15 is 0 Å². The third kappa shape index (κ3) is 5.07. The highest BCUT2D eigenvalue weighted by Crippen LogP contribution is 2.21. The van der Waals surface area contributed by atoms with Crippen LogP contribution in [0.5, 0.6) is 0 Å². The molecule has 0 bridgehead atoms. The predicted octanol–water partition coefficient (Wildman–Crippen LogP) is 3.36. The number of halogens is 1. The number of carbonyl (C=O) groups excluding carboxylic acids is 1. The van der Waals surface area contributed by atoms with E-state index in [2.05, 4.69) is 10.0 Å². The summed E-state index contributed by atoms with van der Waals surface area (Å²) in [6.45, 7) is 2.78. The molecule has 144 valence electrons. The predicted molar refractivity (Wildman–Crippen MR) is 105 cm³/mol. The third-order valence-electron chi connectivity index (χ3n) is 4.40. The number of ether oxygens (including phenoxy) is 1. The molecule has 3 rings (SSSR count). The lowest BCUT2D eigenvalue weighted by atomic mass is 10.1. The summed E-state index contributed by atoms with van der Waals surface area (Å²) >= 11 is 5.96. The smallest absolute Gasteiger partial charge is 0.255 e. The largest absolute Gasteiger partial charge is 0.377 e. The van der Waals surface area contributed by atoms with Crippen LogP contribution in [0.25, 0.3) is 0 Å². The number of nitrogens with one attached hydrogen (secondary N) is 2. The summed E-state index contributed by atoms with van der Waals surface area (Å²) in [5.41, 5.74) is 1.85. The first-order valence-corrected chi connectivity index (χ1v) is 10.5. The van der Waals surface area contributed by atoms with E-state index in [1.54, 1.807) is 12.1 Å². The zero-order valence-corrected chi connectivity index (χ0v) is 16.4. The monoisotopic (exact) mass is 408 g/mol. The molecule has 8 heteroatoms. The quantitative estimate of drug-likeness (QED) is 0.767. The summed E-state index contributed by atoms with van der Waals surface area (Å²) in [5, 5.41) is 3.31. The van der Waals surface area contributed by atoms with Gasteiger partial charge in [0.25, 0.3) is 5.91 Å². The molecule has 1 aliphatic rings. The van der Waals surface area contributed by atoms with Crippen molar-refractivity contribution in [1.29, 1.82) is 0 Å². The van der Waals surface area contributed by atoms with Crippen LogP contribution in [-0.2, 0) is 14.8 Å². The van der Waals surface area contributed by atoms with Gasteiger partial charge in [0.1, 0.15) is 0 Å². The second-order valence-corrected chi connectivity index (χ2v) is 8.63. The molecule has 1 amide bonds. The number of amides is 1. The first-order valence-electron chi connectivity index (χ1n) is 8.64. The van der Waals surface area contributed by atoms with Crippen LogP contribution in [0.15, 0.2) is 47.4 Å². The zero-order chi connectivity index (χ0) is 19.4. The Labute approximate surface area is 163 Å². The number of hydrogen-bond donors (Lipinski definition) is 2. The average Bonchev–Trinajstić information content (AvgIpc) is 3.17. The number of anilines is 1. The standard InChI is InChI=1S/C19H21ClN2O4S/c1-13-4-7-15(20)11-18(13)22-19(23)14-5-8-17(9-6-14)27(24,25)21-12-16-3-2-10-26-16/h4-9,11,16,21H,2-3,10,12H2,1H3,(H,22,23)/t16-/m1/s1. The van der Waals surface area contributed by atoms with Gasteiger partial charge in [-0.15, -0.1) is 0 Å². The molecular weight excluding hydrogens is 388 g/mol. The van der Waals surface area contributed by atoms with Crippen molar-refractivity contribution < 1.29 is 17.9 Å². The van der Waals surface area contributed by atoms with Crippen LogP contribution < -0.4 is 10.0 Å². The van der Waals surface area contributed by atoms with Gasteiger partial charge in [-0.3, -0.25) is 4.79 Å². The summed E-state index contributed by atoms with van der Waals surface area (Å²) in [6.07, 6.45) is 1.72. The van der Waals surface area contributed by atoms with Crippen molar-refractivity contribution >= 4 is 33.2 Å². The Morgan fingerprint density at radius 2 is 1.96 bits per heavy atom. The summed E-state index contributed by atoms with van der Waals surface area (Å²) in [4.78, 5) is 12.5. The van der Waals surface area contributed by atoms with Crippen LogP contribution in [0.1, 0.15) is 28.8 Å². The Bertz CT molecular complexity index is 923. The van der Waals surface area contributed by atoms with Gasteiger partial charge >= 0.3 is 0 Å². The molecule has 0 spiro atoms. The van der Waals surface area contributed by atoms with Crippen molar-refractivity contribution in [3.05, 3.63) is 58.6 Å². The highest BCUT2D eigenvalue weighted by molar-refractivity contribution is 7.89.